The van der Waals surface area contributed by atoms with E-state index in [1.54, 1.807) is 32.3 Å². The highest BCUT2D eigenvalue weighted by Crippen LogP contribution is 2.26. The number of nitrogens with zero attached hydrogens (tertiary/aromatic N) is 2. The van der Waals surface area contributed by atoms with E-state index in [0.717, 1.165) is 16.7 Å². The molecule has 0 radical (unpaired) electrons. The largest absolute Gasteiger partial charge is 0.476 e. The summed E-state index contributed by atoms with van der Waals surface area (Å²) in [6.45, 7) is 5.61. The van der Waals surface area contributed by atoms with Gasteiger partial charge in [-0.1, -0.05) is 13.5 Å². The van der Waals surface area contributed by atoms with Crippen LogP contribution < -0.4 is 10.5 Å². The SMILES string of the molecule is C.COC(=O)C(C)(C)COc1cc(C)c(-c2ccc(C(=N)N)nc2)cn1. The molecule has 3 N–H and O–H groups in total. The van der Waals surface area contributed by atoms with E-state index in [2.05, 4.69) is 9.97 Å². The Bertz CT molecular complexity index is 786. The molecule has 0 spiro atoms. The van der Waals surface area contributed by atoms with Crippen LogP contribution in [0.15, 0.2) is 30.6 Å². The van der Waals surface area contributed by atoms with Crippen LogP contribution in [0.25, 0.3) is 11.1 Å². The van der Waals surface area contributed by atoms with E-state index in [0.29, 0.717) is 11.6 Å². The summed E-state index contributed by atoms with van der Waals surface area (Å²) >= 11 is 0. The molecule has 0 aliphatic heterocycles. The number of aryl methyl sites for hydroxylation is 1. The fraction of sp³-hybridized carbons (Fsp3) is 0.368. The van der Waals surface area contributed by atoms with Crippen molar-refractivity contribution in [1.82, 2.24) is 9.97 Å². The highest BCUT2D eigenvalue weighted by molar-refractivity contribution is 5.93. The smallest absolute Gasteiger partial charge is 0.314 e. The number of nitrogens with two attached hydrogens (primary N) is 1. The Morgan fingerprint density at radius 1 is 1.27 bits per heavy atom. The molecular formula is C19H26N4O3. The maximum Gasteiger partial charge on any atom is 0.314 e. The summed E-state index contributed by atoms with van der Waals surface area (Å²) in [4.78, 5) is 20.1. The second-order valence-corrected chi connectivity index (χ2v) is 6.35. The highest BCUT2D eigenvalue weighted by Gasteiger charge is 2.30. The number of methoxy groups -OCH3 is 1. The van der Waals surface area contributed by atoms with E-state index in [9.17, 15) is 4.79 Å². The standard InChI is InChI=1S/C18H22N4O3.CH4/c1-11-7-15(25-10-18(2,3)17(23)24-4)22-9-13(11)12-5-6-14(16(19)20)21-8-12;/h5-9H,10H2,1-4H3,(H3,19,20);1H4. The summed E-state index contributed by atoms with van der Waals surface area (Å²) in [6.07, 6.45) is 3.35. The molecule has 0 bridgehead atoms. The van der Waals surface area contributed by atoms with E-state index < -0.39 is 5.41 Å². The molecule has 7 nitrogen and oxygen atoms in total. The molecule has 0 aliphatic carbocycles. The lowest BCUT2D eigenvalue weighted by Gasteiger charge is -2.21. The Balaban J connectivity index is 0.00000338. The van der Waals surface area contributed by atoms with Crippen molar-refractivity contribution in [2.24, 2.45) is 11.1 Å². The molecule has 140 valence electrons. The molecule has 2 rings (SSSR count). The number of carbonyl (C=O) groups is 1. The number of ether oxygens (including phenoxy) is 2. The van der Waals surface area contributed by atoms with Gasteiger partial charge in [-0.2, -0.15) is 0 Å². The van der Waals surface area contributed by atoms with Gasteiger partial charge in [0.05, 0.1) is 12.5 Å². The summed E-state index contributed by atoms with van der Waals surface area (Å²) in [6, 6.07) is 5.34. The molecule has 7 heteroatoms. The number of carbonyl (C=O) groups excluding carboxylic acids is 1. The quantitative estimate of drug-likeness (QED) is 0.466. The van der Waals surface area contributed by atoms with Crippen LogP contribution in [0.5, 0.6) is 5.88 Å². The Morgan fingerprint density at radius 2 is 1.96 bits per heavy atom. The number of hydrogen-bond acceptors (Lipinski definition) is 6. The molecule has 26 heavy (non-hydrogen) atoms. The van der Waals surface area contributed by atoms with Crippen molar-refractivity contribution in [3.63, 3.8) is 0 Å². The van der Waals surface area contributed by atoms with Crippen molar-refractivity contribution in [2.45, 2.75) is 28.2 Å². The van der Waals surface area contributed by atoms with Gasteiger partial charge in [-0.15, -0.1) is 0 Å². The number of rotatable bonds is 6. The molecule has 0 fully saturated rings. The number of esters is 1. The molecule has 0 amide bonds. The molecule has 2 aromatic heterocycles. The van der Waals surface area contributed by atoms with Gasteiger partial charge in [0.25, 0.3) is 0 Å². The van der Waals surface area contributed by atoms with Crippen molar-refractivity contribution in [1.29, 1.82) is 5.41 Å². The highest BCUT2D eigenvalue weighted by atomic mass is 16.5. The number of aromatic nitrogens is 2. The number of hydrogen-bond donors (Lipinski definition) is 2. The van der Waals surface area contributed by atoms with Crippen molar-refractivity contribution < 1.29 is 14.3 Å². The molecule has 0 unspecified atom stereocenters. The molecule has 0 saturated heterocycles. The van der Waals surface area contributed by atoms with E-state index in [1.807, 2.05) is 19.1 Å². The maximum atomic E-state index is 11.7. The summed E-state index contributed by atoms with van der Waals surface area (Å²) in [5.41, 5.74) is 7.82. The third-order valence-electron chi connectivity index (χ3n) is 3.76. The molecule has 0 aliphatic rings. The first-order valence-corrected chi connectivity index (χ1v) is 7.73. The van der Waals surface area contributed by atoms with Crippen LogP contribution in [0, 0.1) is 17.7 Å². The zero-order valence-corrected chi connectivity index (χ0v) is 14.8. The van der Waals surface area contributed by atoms with Crippen LogP contribution in [0.4, 0.5) is 0 Å². The Hall–Kier alpha value is -2.96. The third kappa shape index (κ3) is 4.78. The Labute approximate surface area is 154 Å². The molecule has 2 aromatic rings. The normalized spacial score (nSPS) is 10.6. The van der Waals surface area contributed by atoms with Gasteiger partial charge in [0.2, 0.25) is 5.88 Å². The first-order valence-electron chi connectivity index (χ1n) is 7.73. The fourth-order valence-corrected chi connectivity index (χ4v) is 2.21. The van der Waals surface area contributed by atoms with Gasteiger partial charge in [0.15, 0.2) is 0 Å². The van der Waals surface area contributed by atoms with Gasteiger partial charge in [-0.25, -0.2) is 4.98 Å². The molecule has 0 aromatic carbocycles. The van der Waals surface area contributed by atoms with Gasteiger partial charge in [-0.3, -0.25) is 15.2 Å². The predicted octanol–water partition coefficient (Wildman–Crippen LogP) is 2.95. The van der Waals surface area contributed by atoms with Crippen molar-refractivity contribution in [2.75, 3.05) is 13.7 Å². The average Bonchev–Trinajstić information content (AvgIpc) is 2.59. The Morgan fingerprint density at radius 3 is 2.46 bits per heavy atom. The van der Waals surface area contributed by atoms with Gasteiger partial charge in [-0.05, 0) is 32.4 Å². The second kappa shape index (κ2) is 8.42. The second-order valence-electron chi connectivity index (χ2n) is 6.35. The van der Waals surface area contributed by atoms with Crippen LogP contribution in [0.2, 0.25) is 0 Å². The molecule has 2 heterocycles. The average molecular weight is 358 g/mol. The van der Waals surface area contributed by atoms with Crippen LogP contribution in [0.3, 0.4) is 0 Å². The van der Waals surface area contributed by atoms with Gasteiger partial charge in [0, 0.05) is 29.6 Å². The van der Waals surface area contributed by atoms with Crippen LogP contribution >= 0.6 is 0 Å². The molecule has 0 atom stereocenters. The first-order chi connectivity index (χ1) is 11.7. The molecular weight excluding hydrogens is 332 g/mol. The third-order valence-corrected chi connectivity index (χ3v) is 3.76. The summed E-state index contributed by atoms with van der Waals surface area (Å²) < 4.78 is 10.4. The van der Waals surface area contributed by atoms with Crippen molar-refractivity contribution in [3.05, 3.63) is 41.9 Å². The van der Waals surface area contributed by atoms with Crippen molar-refractivity contribution in [3.8, 4) is 17.0 Å². The fourth-order valence-electron chi connectivity index (χ4n) is 2.21. The lowest BCUT2D eigenvalue weighted by molar-refractivity contribution is -0.152. The Kier molecular flexibility index (Phi) is 6.83. The lowest BCUT2D eigenvalue weighted by atomic mass is 9.95. The topological polar surface area (TPSA) is 111 Å². The van der Waals surface area contributed by atoms with Gasteiger partial charge >= 0.3 is 5.97 Å². The zero-order valence-electron chi connectivity index (χ0n) is 14.8. The summed E-state index contributed by atoms with van der Waals surface area (Å²) in [5.74, 6) is 0.0300. The van der Waals surface area contributed by atoms with E-state index in [-0.39, 0.29) is 25.8 Å². The lowest BCUT2D eigenvalue weighted by Crippen LogP contribution is -2.32. The number of nitrogens with one attached hydrogen (secondary N) is 1. The monoisotopic (exact) mass is 358 g/mol. The summed E-state index contributed by atoms with van der Waals surface area (Å²) in [7, 11) is 1.35. The number of amidine groups is 1. The minimum absolute atomic E-state index is 0. The molecule has 0 saturated carbocycles. The minimum Gasteiger partial charge on any atom is -0.476 e. The van der Waals surface area contributed by atoms with Crippen molar-refractivity contribution >= 4 is 11.8 Å². The van der Waals surface area contributed by atoms with E-state index >= 15 is 0 Å². The predicted molar refractivity (Wildman–Crippen MR) is 101 cm³/mol. The van der Waals surface area contributed by atoms with Gasteiger partial charge in [0.1, 0.15) is 18.1 Å². The number of nitrogen functional groups attached to an aromatic ring is 1. The van der Waals surface area contributed by atoms with Gasteiger partial charge < -0.3 is 15.2 Å². The van der Waals surface area contributed by atoms with Crippen LogP contribution in [-0.2, 0) is 9.53 Å². The van der Waals surface area contributed by atoms with Crippen LogP contribution in [0.1, 0.15) is 32.5 Å². The summed E-state index contributed by atoms with van der Waals surface area (Å²) in [5, 5.41) is 7.37. The maximum absolute atomic E-state index is 11.7. The van der Waals surface area contributed by atoms with E-state index in [4.69, 9.17) is 20.6 Å². The minimum atomic E-state index is -0.755. The van der Waals surface area contributed by atoms with Crippen LogP contribution in [-0.4, -0.2) is 35.5 Å². The number of pyridine rings is 2. The first kappa shape index (κ1) is 21.1. The van der Waals surface area contributed by atoms with E-state index in [1.165, 1.54) is 7.11 Å². The zero-order chi connectivity index (χ0) is 18.6.